The van der Waals surface area contributed by atoms with Crippen molar-refractivity contribution in [1.82, 2.24) is 0 Å². The van der Waals surface area contributed by atoms with Crippen LogP contribution in [-0.2, 0) is 0 Å². The Kier molecular flexibility index (Phi) is 4.57. The zero-order chi connectivity index (χ0) is 14.2. The van der Waals surface area contributed by atoms with E-state index in [1.54, 1.807) is 18.2 Å². The van der Waals surface area contributed by atoms with Crippen LogP contribution in [0.2, 0.25) is 10.0 Å². The Hall–Kier alpha value is -0.540. The third-order valence-corrected chi connectivity index (χ3v) is 4.33. The first-order chi connectivity index (χ1) is 8.88. The Morgan fingerprint density at radius 3 is 2.11 bits per heavy atom. The summed E-state index contributed by atoms with van der Waals surface area (Å²) < 4.78 is 1.03. The second kappa shape index (κ2) is 5.84. The van der Waals surface area contributed by atoms with Gasteiger partial charge in [-0.25, -0.2) is 0 Å². The molecule has 19 heavy (non-hydrogen) atoms. The Morgan fingerprint density at radius 2 is 1.53 bits per heavy atom. The molecule has 100 valence electrons. The van der Waals surface area contributed by atoms with Crippen LogP contribution in [0.15, 0.2) is 34.8 Å². The highest BCUT2D eigenvalue weighted by Gasteiger charge is 2.15. The molecule has 0 aromatic heterocycles. The van der Waals surface area contributed by atoms with E-state index in [0.717, 1.165) is 21.2 Å². The van der Waals surface area contributed by atoms with E-state index in [4.69, 9.17) is 23.2 Å². The number of hydrogen-bond acceptors (Lipinski definition) is 1. The molecule has 1 N–H and O–H groups in total. The topological polar surface area (TPSA) is 20.2 Å². The zero-order valence-electron chi connectivity index (χ0n) is 10.5. The molecule has 2 aromatic rings. The molecule has 0 bridgehead atoms. The van der Waals surface area contributed by atoms with Gasteiger partial charge in [-0.2, -0.15) is 0 Å². The fraction of sp³-hybridized carbons (Fsp3) is 0.200. The summed E-state index contributed by atoms with van der Waals surface area (Å²) in [6.07, 6.45) is -0.733. The number of aliphatic hydroxyl groups excluding tert-OH is 1. The maximum absolute atomic E-state index is 10.5. The van der Waals surface area contributed by atoms with Crippen LogP contribution in [0.3, 0.4) is 0 Å². The number of aryl methyl sites for hydroxylation is 2. The van der Waals surface area contributed by atoms with E-state index in [-0.39, 0.29) is 0 Å². The van der Waals surface area contributed by atoms with Crippen molar-refractivity contribution in [2.45, 2.75) is 20.0 Å². The van der Waals surface area contributed by atoms with E-state index >= 15 is 0 Å². The molecule has 0 saturated carbocycles. The highest BCUT2D eigenvalue weighted by atomic mass is 79.9. The lowest BCUT2D eigenvalue weighted by atomic mass is 9.96. The summed E-state index contributed by atoms with van der Waals surface area (Å²) in [6, 6.07) is 9.09. The van der Waals surface area contributed by atoms with Gasteiger partial charge in [-0.15, -0.1) is 0 Å². The van der Waals surface area contributed by atoms with Crippen molar-refractivity contribution in [1.29, 1.82) is 0 Å². The lowest BCUT2D eigenvalue weighted by Crippen LogP contribution is -2.03. The first-order valence-electron chi connectivity index (χ1n) is 5.79. The van der Waals surface area contributed by atoms with Crippen LogP contribution >= 0.6 is 39.1 Å². The molecule has 4 heteroatoms. The molecule has 0 aliphatic carbocycles. The molecule has 1 unspecified atom stereocenters. The summed E-state index contributed by atoms with van der Waals surface area (Å²) in [5.41, 5.74) is 3.65. The SMILES string of the molecule is Cc1cc(C(O)c2cc(Cl)cc(Cl)c2)c(C)cc1Br. The molecule has 0 aliphatic rings. The summed E-state index contributed by atoms with van der Waals surface area (Å²) in [5.74, 6) is 0. The number of benzene rings is 2. The summed E-state index contributed by atoms with van der Waals surface area (Å²) in [7, 11) is 0. The molecule has 1 atom stereocenters. The lowest BCUT2D eigenvalue weighted by Gasteiger charge is -2.16. The smallest absolute Gasteiger partial charge is 0.104 e. The van der Waals surface area contributed by atoms with Crippen molar-refractivity contribution in [3.63, 3.8) is 0 Å². The average Bonchev–Trinajstić information content (AvgIpc) is 2.31. The Bertz CT molecular complexity index is 606. The van der Waals surface area contributed by atoms with Gasteiger partial charge in [0.15, 0.2) is 0 Å². The molecular weight excluding hydrogens is 347 g/mol. The fourth-order valence-corrected chi connectivity index (χ4v) is 3.01. The highest BCUT2D eigenvalue weighted by molar-refractivity contribution is 9.10. The minimum Gasteiger partial charge on any atom is -0.384 e. The van der Waals surface area contributed by atoms with E-state index in [0.29, 0.717) is 15.6 Å². The van der Waals surface area contributed by atoms with Gasteiger partial charge in [0.25, 0.3) is 0 Å². The molecule has 0 spiro atoms. The largest absolute Gasteiger partial charge is 0.384 e. The number of rotatable bonds is 2. The van der Waals surface area contributed by atoms with E-state index in [1.165, 1.54) is 0 Å². The molecular formula is C15H13BrCl2O. The van der Waals surface area contributed by atoms with E-state index < -0.39 is 6.10 Å². The van der Waals surface area contributed by atoms with Gasteiger partial charge >= 0.3 is 0 Å². The number of aliphatic hydroxyl groups is 1. The normalized spacial score (nSPS) is 12.5. The van der Waals surface area contributed by atoms with Crippen LogP contribution in [0, 0.1) is 13.8 Å². The molecule has 2 aromatic carbocycles. The lowest BCUT2D eigenvalue weighted by molar-refractivity contribution is 0.219. The zero-order valence-corrected chi connectivity index (χ0v) is 13.6. The number of halogens is 3. The minimum atomic E-state index is -0.733. The average molecular weight is 360 g/mol. The van der Waals surface area contributed by atoms with E-state index in [9.17, 15) is 5.11 Å². The predicted molar refractivity (Wildman–Crippen MR) is 84.1 cm³/mol. The monoisotopic (exact) mass is 358 g/mol. The Balaban J connectivity index is 2.49. The maximum atomic E-state index is 10.5. The maximum Gasteiger partial charge on any atom is 0.104 e. The van der Waals surface area contributed by atoms with Gasteiger partial charge in [-0.3, -0.25) is 0 Å². The van der Waals surface area contributed by atoms with Crippen LogP contribution in [0.5, 0.6) is 0 Å². The van der Waals surface area contributed by atoms with Crippen LogP contribution in [0.4, 0.5) is 0 Å². The highest BCUT2D eigenvalue weighted by Crippen LogP contribution is 2.31. The molecule has 2 rings (SSSR count). The first-order valence-corrected chi connectivity index (χ1v) is 7.34. The third-order valence-electron chi connectivity index (χ3n) is 3.04. The van der Waals surface area contributed by atoms with Crippen molar-refractivity contribution in [2.75, 3.05) is 0 Å². The van der Waals surface area contributed by atoms with Gasteiger partial charge in [0.2, 0.25) is 0 Å². The molecule has 0 amide bonds. The van der Waals surface area contributed by atoms with Crippen molar-refractivity contribution in [2.24, 2.45) is 0 Å². The predicted octanol–water partition coefficient (Wildman–Crippen LogP) is 5.45. The quantitative estimate of drug-likeness (QED) is 0.755. The number of hydrogen-bond donors (Lipinski definition) is 1. The summed E-state index contributed by atoms with van der Waals surface area (Å²) in [6.45, 7) is 3.96. The van der Waals surface area contributed by atoms with Crippen LogP contribution in [-0.4, -0.2) is 5.11 Å². The van der Waals surface area contributed by atoms with E-state index in [2.05, 4.69) is 15.9 Å². The van der Waals surface area contributed by atoms with Gasteiger partial charge in [0.05, 0.1) is 0 Å². The van der Waals surface area contributed by atoms with Gasteiger partial charge in [-0.05, 0) is 60.4 Å². The molecule has 1 nitrogen and oxygen atoms in total. The summed E-state index contributed by atoms with van der Waals surface area (Å²) >= 11 is 15.4. The summed E-state index contributed by atoms with van der Waals surface area (Å²) in [4.78, 5) is 0. The molecule has 0 saturated heterocycles. The van der Waals surface area contributed by atoms with Gasteiger partial charge in [-0.1, -0.05) is 45.2 Å². The fourth-order valence-electron chi connectivity index (χ4n) is 2.01. The van der Waals surface area contributed by atoms with Crippen molar-refractivity contribution in [3.8, 4) is 0 Å². The van der Waals surface area contributed by atoms with Crippen LogP contribution in [0.25, 0.3) is 0 Å². The first kappa shape index (κ1) is 14.9. The van der Waals surface area contributed by atoms with Gasteiger partial charge in [0.1, 0.15) is 6.10 Å². The molecule has 0 aliphatic heterocycles. The minimum absolute atomic E-state index is 0.521. The second-order valence-corrected chi connectivity index (χ2v) is 6.29. The van der Waals surface area contributed by atoms with Crippen molar-refractivity contribution >= 4 is 39.1 Å². The van der Waals surface area contributed by atoms with Gasteiger partial charge in [0, 0.05) is 14.5 Å². The van der Waals surface area contributed by atoms with Crippen molar-refractivity contribution in [3.05, 3.63) is 67.1 Å². The molecule has 0 fully saturated rings. The Labute approximate surface area is 131 Å². The summed E-state index contributed by atoms with van der Waals surface area (Å²) in [5, 5.41) is 11.5. The third kappa shape index (κ3) is 3.32. The van der Waals surface area contributed by atoms with Crippen LogP contribution < -0.4 is 0 Å². The molecule has 0 radical (unpaired) electrons. The second-order valence-electron chi connectivity index (χ2n) is 4.56. The Morgan fingerprint density at radius 1 is 0.947 bits per heavy atom. The van der Waals surface area contributed by atoms with Crippen LogP contribution in [0.1, 0.15) is 28.4 Å². The standard InChI is InChI=1S/C15H13BrCl2O/c1-8-4-14(16)9(2)3-13(8)15(19)10-5-11(17)7-12(18)6-10/h3-7,15,19H,1-2H3. The molecule has 0 heterocycles. The van der Waals surface area contributed by atoms with Crippen molar-refractivity contribution < 1.29 is 5.11 Å². The van der Waals surface area contributed by atoms with Gasteiger partial charge < -0.3 is 5.11 Å². The van der Waals surface area contributed by atoms with E-state index in [1.807, 2.05) is 26.0 Å².